The van der Waals surface area contributed by atoms with Crippen molar-refractivity contribution in [2.45, 2.75) is 17.6 Å². The van der Waals surface area contributed by atoms with Crippen LogP contribution < -0.4 is 5.32 Å². The number of nitro benzene ring substituents is 1. The van der Waals surface area contributed by atoms with E-state index in [1.807, 2.05) is 25.1 Å². The van der Waals surface area contributed by atoms with Gasteiger partial charge in [-0.15, -0.1) is 11.8 Å². The maximum absolute atomic E-state index is 10.9. The summed E-state index contributed by atoms with van der Waals surface area (Å²) in [4.78, 5) is 15.7. The van der Waals surface area contributed by atoms with E-state index in [1.165, 1.54) is 0 Å². The molecule has 2 aromatic rings. The summed E-state index contributed by atoms with van der Waals surface area (Å²) in [5, 5.41) is 14.0. The molecule has 0 saturated carbocycles. The first-order valence-corrected chi connectivity index (χ1v) is 7.23. The lowest BCUT2D eigenvalue weighted by Crippen LogP contribution is -2.01. The van der Waals surface area contributed by atoms with Crippen LogP contribution in [0.25, 0.3) is 0 Å². The summed E-state index contributed by atoms with van der Waals surface area (Å²) < 4.78 is 0. The molecule has 2 rings (SSSR count). The van der Waals surface area contributed by atoms with Gasteiger partial charge in [-0.25, -0.2) is 0 Å². The second-order valence-electron chi connectivity index (χ2n) is 4.11. The molecular formula is C14H15N3O2S. The summed E-state index contributed by atoms with van der Waals surface area (Å²) in [6, 6.07) is 9.09. The Labute approximate surface area is 121 Å². The number of nitro groups is 1. The standard InChI is InChI=1S/C14H15N3O2S/c1-2-16-13-9-11(3-4-14(13)17(18)19)10-20-12-5-7-15-8-6-12/h3-9,16H,2,10H2,1H3. The van der Waals surface area contributed by atoms with Crippen molar-refractivity contribution in [1.82, 2.24) is 4.98 Å². The van der Waals surface area contributed by atoms with Gasteiger partial charge in [0.2, 0.25) is 0 Å². The number of hydrogen-bond donors (Lipinski definition) is 1. The lowest BCUT2D eigenvalue weighted by Gasteiger charge is -2.07. The zero-order valence-electron chi connectivity index (χ0n) is 11.1. The molecule has 6 heteroatoms. The van der Waals surface area contributed by atoms with Gasteiger partial charge < -0.3 is 5.32 Å². The molecule has 104 valence electrons. The number of benzene rings is 1. The van der Waals surface area contributed by atoms with Crippen molar-refractivity contribution >= 4 is 23.1 Å². The highest BCUT2D eigenvalue weighted by Gasteiger charge is 2.13. The van der Waals surface area contributed by atoms with Crippen LogP contribution in [0.15, 0.2) is 47.6 Å². The van der Waals surface area contributed by atoms with Crippen LogP contribution in [0.5, 0.6) is 0 Å². The molecule has 5 nitrogen and oxygen atoms in total. The van der Waals surface area contributed by atoms with Gasteiger partial charge in [-0.1, -0.05) is 6.07 Å². The normalized spacial score (nSPS) is 10.2. The molecule has 0 atom stereocenters. The maximum Gasteiger partial charge on any atom is 0.292 e. The molecule has 0 unspecified atom stereocenters. The molecule has 1 aromatic heterocycles. The Morgan fingerprint density at radius 2 is 2.05 bits per heavy atom. The fourth-order valence-electron chi connectivity index (χ4n) is 1.77. The number of anilines is 1. The van der Waals surface area contributed by atoms with Crippen molar-refractivity contribution in [3.63, 3.8) is 0 Å². The topological polar surface area (TPSA) is 68.1 Å². The van der Waals surface area contributed by atoms with Gasteiger partial charge >= 0.3 is 0 Å². The lowest BCUT2D eigenvalue weighted by atomic mass is 10.2. The monoisotopic (exact) mass is 289 g/mol. The number of thioether (sulfide) groups is 1. The molecule has 0 aliphatic carbocycles. The minimum atomic E-state index is -0.363. The molecule has 0 spiro atoms. The Hall–Kier alpha value is -2.08. The Morgan fingerprint density at radius 3 is 2.70 bits per heavy atom. The fourth-order valence-corrected chi connectivity index (χ4v) is 2.59. The van der Waals surface area contributed by atoms with Crippen LogP contribution in [0.3, 0.4) is 0 Å². The minimum Gasteiger partial charge on any atom is -0.380 e. The van der Waals surface area contributed by atoms with Crippen molar-refractivity contribution in [1.29, 1.82) is 0 Å². The number of aromatic nitrogens is 1. The van der Waals surface area contributed by atoms with E-state index in [1.54, 1.807) is 36.3 Å². The number of hydrogen-bond acceptors (Lipinski definition) is 5. The van der Waals surface area contributed by atoms with E-state index in [0.717, 1.165) is 16.2 Å². The molecule has 0 amide bonds. The number of rotatable bonds is 6. The molecule has 0 fully saturated rings. The Balaban J connectivity index is 2.12. The van der Waals surface area contributed by atoms with Crippen LogP contribution in [0.2, 0.25) is 0 Å². The zero-order valence-corrected chi connectivity index (χ0v) is 11.9. The Morgan fingerprint density at radius 1 is 1.30 bits per heavy atom. The first-order valence-electron chi connectivity index (χ1n) is 6.24. The fraction of sp³-hybridized carbons (Fsp3) is 0.214. The largest absolute Gasteiger partial charge is 0.380 e. The summed E-state index contributed by atoms with van der Waals surface area (Å²) in [6.07, 6.45) is 3.50. The second-order valence-corrected chi connectivity index (χ2v) is 5.16. The molecular weight excluding hydrogens is 274 g/mol. The van der Waals surface area contributed by atoms with Crippen molar-refractivity contribution in [3.8, 4) is 0 Å². The van der Waals surface area contributed by atoms with Gasteiger partial charge in [0.25, 0.3) is 5.69 Å². The highest BCUT2D eigenvalue weighted by Crippen LogP contribution is 2.29. The Kier molecular flexibility index (Phi) is 4.95. The molecule has 0 saturated heterocycles. The average Bonchev–Trinajstić information content (AvgIpc) is 2.46. The predicted molar refractivity (Wildman–Crippen MR) is 81.1 cm³/mol. The van der Waals surface area contributed by atoms with E-state index in [9.17, 15) is 10.1 Å². The highest BCUT2D eigenvalue weighted by atomic mass is 32.2. The van der Waals surface area contributed by atoms with E-state index >= 15 is 0 Å². The van der Waals surface area contributed by atoms with E-state index in [4.69, 9.17) is 0 Å². The average molecular weight is 289 g/mol. The van der Waals surface area contributed by atoms with Gasteiger partial charge in [0.05, 0.1) is 4.92 Å². The molecule has 0 aliphatic rings. The summed E-state index contributed by atoms with van der Waals surface area (Å²) >= 11 is 1.68. The summed E-state index contributed by atoms with van der Waals surface area (Å²) in [6.45, 7) is 2.57. The lowest BCUT2D eigenvalue weighted by molar-refractivity contribution is -0.384. The van der Waals surface area contributed by atoms with Gasteiger partial charge in [-0.3, -0.25) is 15.1 Å². The number of nitrogens with one attached hydrogen (secondary N) is 1. The summed E-state index contributed by atoms with van der Waals surface area (Å²) in [7, 11) is 0. The molecule has 0 bridgehead atoms. The van der Waals surface area contributed by atoms with E-state index in [2.05, 4.69) is 10.3 Å². The summed E-state index contributed by atoms with van der Waals surface area (Å²) in [5.74, 6) is 0.764. The van der Waals surface area contributed by atoms with Crippen LogP contribution in [0, 0.1) is 10.1 Å². The first kappa shape index (κ1) is 14.3. The van der Waals surface area contributed by atoms with Gasteiger partial charge in [-0.05, 0) is 30.7 Å². The van der Waals surface area contributed by atoms with Crippen molar-refractivity contribution in [2.24, 2.45) is 0 Å². The molecule has 20 heavy (non-hydrogen) atoms. The maximum atomic E-state index is 10.9. The van der Waals surface area contributed by atoms with Gasteiger partial charge in [0.15, 0.2) is 0 Å². The van der Waals surface area contributed by atoms with Crippen LogP contribution in [0.1, 0.15) is 12.5 Å². The quantitative estimate of drug-likeness (QED) is 0.499. The van der Waals surface area contributed by atoms with Crippen molar-refractivity contribution in [2.75, 3.05) is 11.9 Å². The highest BCUT2D eigenvalue weighted by molar-refractivity contribution is 7.98. The minimum absolute atomic E-state index is 0.115. The predicted octanol–water partition coefficient (Wildman–Crippen LogP) is 3.71. The number of nitrogens with zero attached hydrogens (tertiary/aromatic N) is 2. The van der Waals surface area contributed by atoms with Crippen LogP contribution in [0.4, 0.5) is 11.4 Å². The van der Waals surface area contributed by atoms with Crippen LogP contribution in [-0.4, -0.2) is 16.5 Å². The van der Waals surface area contributed by atoms with Crippen molar-refractivity contribution < 1.29 is 4.92 Å². The SMILES string of the molecule is CCNc1cc(CSc2ccncc2)ccc1[N+](=O)[O-]. The van der Waals surface area contributed by atoms with Gasteiger partial charge in [0.1, 0.15) is 5.69 Å². The van der Waals surface area contributed by atoms with Gasteiger partial charge in [-0.2, -0.15) is 0 Å². The van der Waals surface area contributed by atoms with Crippen LogP contribution in [-0.2, 0) is 5.75 Å². The third kappa shape index (κ3) is 3.71. The number of pyridine rings is 1. The molecule has 0 aliphatic heterocycles. The molecule has 1 aromatic carbocycles. The molecule has 1 N–H and O–H groups in total. The first-order chi connectivity index (χ1) is 9.70. The Bertz CT molecular complexity index is 590. The second kappa shape index (κ2) is 6.91. The van der Waals surface area contributed by atoms with E-state index in [0.29, 0.717) is 12.2 Å². The third-order valence-electron chi connectivity index (χ3n) is 2.68. The van der Waals surface area contributed by atoms with Crippen LogP contribution >= 0.6 is 11.8 Å². The zero-order chi connectivity index (χ0) is 14.4. The van der Waals surface area contributed by atoms with Gasteiger partial charge in [0, 0.05) is 35.7 Å². The molecule has 1 heterocycles. The third-order valence-corrected chi connectivity index (χ3v) is 3.76. The summed E-state index contributed by atoms with van der Waals surface area (Å²) in [5.41, 5.74) is 1.74. The van der Waals surface area contributed by atoms with E-state index in [-0.39, 0.29) is 10.6 Å². The van der Waals surface area contributed by atoms with Crippen molar-refractivity contribution in [3.05, 3.63) is 58.4 Å². The molecule has 0 radical (unpaired) electrons. The smallest absolute Gasteiger partial charge is 0.292 e. The van der Waals surface area contributed by atoms with E-state index < -0.39 is 0 Å².